The van der Waals surface area contributed by atoms with Crippen molar-refractivity contribution in [1.82, 2.24) is 4.90 Å². The van der Waals surface area contributed by atoms with E-state index in [0.29, 0.717) is 54.5 Å². The van der Waals surface area contributed by atoms with Crippen LogP contribution in [0.1, 0.15) is 71.4 Å². The molecule has 0 saturated carbocycles. The van der Waals surface area contributed by atoms with Crippen molar-refractivity contribution in [3.05, 3.63) is 70.3 Å². The largest absolute Gasteiger partial charge is 0.417 e. The Hall–Kier alpha value is -2.98. The Morgan fingerprint density at radius 2 is 1.51 bits per heavy atom. The average Bonchev–Trinajstić information content (AvgIpc) is 2.76. The van der Waals surface area contributed by atoms with Crippen LogP contribution in [-0.2, 0) is 12.4 Å². The summed E-state index contributed by atoms with van der Waals surface area (Å²) in [6, 6.07) is 2.06. The highest BCUT2D eigenvalue weighted by molar-refractivity contribution is 6.11. The predicted molar refractivity (Wildman–Crippen MR) is 111 cm³/mol. The number of nitrogens with zero attached hydrogens (tertiary/aromatic N) is 1. The molecule has 2 aromatic carbocycles. The molecule has 2 rings (SSSR count). The van der Waals surface area contributed by atoms with Crippen molar-refractivity contribution in [3.63, 3.8) is 0 Å². The first kappa shape index (κ1) is 28.3. The van der Waals surface area contributed by atoms with Gasteiger partial charge in [0.1, 0.15) is 11.6 Å². The van der Waals surface area contributed by atoms with Crippen molar-refractivity contribution < 1.29 is 44.7 Å². The fraction of sp³-hybridized carbons (Fsp3) is 0.417. The quantitative estimate of drug-likeness (QED) is 0.273. The van der Waals surface area contributed by atoms with Crippen LogP contribution >= 0.6 is 0 Å². The van der Waals surface area contributed by atoms with E-state index in [-0.39, 0.29) is 6.07 Å². The molecule has 0 bridgehead atoms. The van der Waals surface area contributed by atoms with Crippen LogP contribution in [-0.4, -0.2) is 23.3 Å². The molecule has 0 aliphatic rings. The van der Waals surface area contributed by atoms with E-state index in [1.165, 1.54) is 0 Å². The zero-order chi connectivity index (χ0) is 26.6. The van der Waals surface area contributed by atoms with Crippen LogP contribution in [0, 0.1) is 17.6 Å². The first-order valence-corrected chi connectivity index (χ1v) is 10.8. The molecule has 192 valence electrons. The monoisotopic (exact) mass is 509 g/mol. The molecule has 0 N–H and O–H groups in total. The van der Waals surface area contributed by atoms with Gasteiger partial charge in [-0.3, -0.25) is 14.5 Å². The second-order valence-corrected chi connectivity index (χ2v) is 8.05. The maximum Gasteiger partial charge on any atom is 0.417 e. The Labute approximate surface area is 196 Å². The van der Waals surface area contributed by atoms with Gasteiger partial charge in [-0.05, 0) is 48.7 Å². The zero-order valence-corrected chi connectivity index (χ0v) is 18.9. The van der Waals surface area contributed by atoms with Gasteiger partial charge in [-0.1, -0.05) is 33.1 Å². The van der Waals surface area contributed by atoms with Crippen molar-refractivity contribution in [3.8, 4) is 0 Å². The summed E-state index contributed by atoms with van der Waals surface area (Å²) in [5.74, 6) is -5.98. The lowest BCUT2D eigenvalue weighted by molar-refractivity contribution is -0.138. The Balaban J connectivity index is 2.63. The van der Waals surface area contributed by atoms with Crippen LogP contribution in [0.2, 0.25) is 0 Å². The standard InChI is InChI=1S/C24H23F8NO2/c1-3-5-6-14(4-2)13-33(21(34)15-9-16(23(27,28)29)11-18(26)10-15)22(35)19-12-17(25)7-8-20(19)24(30,31)32/h7-12,14H,3-6,13H2,1-2H3. The lowest BCUT2D eigenvalue weighted by Gasteiger charge is -2.27. The van der Waals surface area contributed by atoms with E-state index in [9.17, 15) is 44.7 Å². The molecule has 0 heterocycles. The van der Waals surface area contributed by atoms with Gasteiger partial charge in [0, 0.05) is 12.1 Å². The van der Waals surface area contributed by atoms with Crippen molar-refractivity contribution in [1.29, 1.82) is 0 Å². The fourth-order valence-corrected chi connectivity index (χ4v) is 3.55. The molecule has 1 unspecified atom stereocenters. The minimum atomic E-state index is -5.08. The predicted octanol–water partition coefficient (Wildman–Crippen LogP) is 7.50. The molecule has 0 aromatic heterocycles. The Morgan fingerprint density at radius 1 is 0.857 bits per heavy atom. The normalized spacial score (nSPS) is 13.0. The maximum atomic E-state index is 13.9. The molecule has 35 heavy (non-hydrogen) atoms. The molecule has 0 radical (unpaired) electrons. The third kappa shape index (κ3) is 7.25. The summed E-state index contributed by atoms with van der Waals surface area (Å²) in [4.78, 5) is 26.7. The zero-order valence-electron chi connectivity index (χ0n) is 18.9. The number of amides is 2. The highest BCUT2D eigenvalue weighted by atomic mass is 19.4. The smallest absolute Gasteiger partial charge is 0.274 e. The van der Waals surface area contributed by atoms with Crippen LogP contribution in [0.25, 0.3) is 0 Å². The van der Waals surface area contributed by atoms with Gasteiger partial charge in [-0.2, -0.15) is 26.3 Å². The highest BCUT2D eigenvalue weighted by Crippen LogP contribution is 2.34. The Bertz CT molecular complexity index is 1060. The van der Waals surface area contributed by atoms with Crippen molar-refractivity contribution >= 4 is 11.8 Å². The topological polar surface area (TPSA) is 37.4 Å². The first-order valence-electron chi connectivity index (χ1n) is 10.8. The maximum absolute atomic E-state index is 13.9. The molecule has 1 atom stereocenters. The summed E-state index contributed by atoms with van der Waals surface area (Å²) in [6.07, 6.45) is -7.85. The summed E-state index contributed by atoms with van der Waals surface area (Å²) < 4.78 is 108. The van der Waals surface area contributed by atoms with Crippen molar-refractivity contribution in [2.24, 2.45) is 5.92 Å². The number of imide groups is 1. The molecular weight excluding hydrogens is 486 g/mol. The molecule has 0 aliphatic carbocycles. The molecule has 2 aromatic rings. The second-order valence-electron chi connectivity index (χ2n) is 8.05. The molecular formula is C24H23F8NO2. The summed E-state index contributed by atoms with van der Waals surface area (Å²) in [5.41, 5.74) is -5.07. The third-order valence-corrected chi connectivity index (χ3v) is 5.46. The van der Waals surface area contributed by atoms with Crippen LogP contribution in [0.4, 0.5) is 35.1 Å². The van der Waals surface area contributed by atoms with E-state index in [0.717, 1.165) is 6.42 Å². The van der Waals surface area contributed by atoms with Crippen LogP contribution in [0.5, 0.6) is 0 Å². The summed E-state index contributed by atoms with van der Waals surface area (Å²) >= 11 is 0. The van der Waals surface area contributed by atoms with E-state index in [1.807, 2.05) is 6.92 Å². The third-order valence-electron chi connectivity index (χ3n) is 5.46. The van der Waals surface area contributed by atoms with Crippen molar-refractivity contribution in [2.45, 2.75) is 51.9 Å². The first-order chi connectivity index (χ1) is 16.2. The summed E-state index contributed by atoms with van der Waals surface area (Å²) in [5, 5.41) is 0. The number of alkyl halides is 6. The van der Waals surface area contributed by atoms with Gasteiger partial charge < -0.3 is 0 Å². The van der Waals surface area contributed by atoms with Gasteiger partial charge in [-0.25, -0.2) is 8.78 Å². The molecule has 2 amide bonds. The number of hydrogen-bond donors (Lipinski definition) is 0. The average molecular weight is 509 g/mol. The molecule has 3 nitrogen and oxygen atoms in total. The fourth-order valence-electron chi connectivity index (χ4n) is 3.55. The van der Waals surface area contributed by atoms with E-state index in [1.54, 1.807) is 6.92 Å². The minimum absolute atomic E-state index is 0.146. The van der Waals surface area contributed by atoms with Crippen LogP contribution in [0.15, 0.2) is 36.4 Å². The van der Waals surface area contributed by atoms with Gasteiger partial charge in [0.2, 0.25) is 0 Å². The van der Waals surface area contributed by atoms with Crippen LogP contribution < -0.4 is 0 Å². The molecule has 0 fully saturated rings. The number of halogens is 8. The number of rotatable bonds is 8. The molecule has 0 aliphatic heterocycles. The SMILES string of the molecule is CCCCC(CC)CN(C(=O)c1cc(F)cc(C(F)(F)F)c1)C(=O)c1cc(F)ccc1C(F)(F)F. The van der Waals surface area contributed by atoms with Gasteiger partial charge in [-0.15, -0.1) is 0 Å². The summed E-state index contributed by atoms with van der Waals surface area (Å²) in [6.45, 7) is 3.13. The summed E-state index contributed by atoms with van der Waals surface area (Å²) in [7, 11) is 0. The molecule has 0 saturated heterocycles. The minimum Gasteiger partial charge on any atom is -0.274 e. The van der Waals surface area contributed by atoms with E-state index in [2.05, 4.69) is 0 Å². The van der Waals surface area contributed by atoms with Gasteiger partial charge >= 0.3 is 12.4 Å². The van der Waals surface area contributed by atoms with Gasteiger partial charge in [0.25, 0.3) is 11.8 Å². The molecule has 0 spiro atoms. The van der Waals surface area contributed by atoms with Crippen molar-refractivity contribution in [2.75, 3.05) is 6.54 Å². The van der Waals surface area contributed by atoms with Gasteiger partial charge in [0.05, 0.1) is 16.7 Å². The lowest BCUT2D eigenvalue weighted by Crippen LogP contribution is -2.41. The number of unbranched alkanes of at least 4 members (excludes halogenated alkanes) is 1. The number of carbonyl (C=O) groups excluding carboxylic acids is 2. The second kappa shape index (κ2) is 11.2. The van der Waals surface area contributed by atoms with E-state index < -0.39 is 70.5 Å². The number of benzene rings is 2. The number of hydrogen-bond acceptors (Lipinski definition) is 2. The Morgan fingerprint density at radius 3 is 2.06 bits per heavy atom. The Kier molecular flexibility index (Phi) is 9.02. The van der Waals surface area contributed by atoms with E-state index in [4.69, 9.17) is 0 Å². The molecule has 11 heteroatoms. The van der Waals surface area contributed by atoms with Crippen LogP contribution in [0.3, 0.4) is 0 Å². The number of carbonyl (C=O) groups is 2. The van der Waals surface area contributed by atoms with Gasteiger partial charge in [0.15, 0.2) is 0 Å². The lowest BCUT2D eigenvalue weighted by atomic mass is 9.97. The van der Waals surface area contributed by atoms with E-state index >= 15 is 0 Å². The highest BCUT2D eigenvalue weighted by Gasteiger charge is 2.39.